The van der Waals surface area contributed by atoms with Crippen molar-refractivity contribution in [2.45, 2.75) is 20.3 Å². The smallest absolute Gasteiger partial charge is 0.342 e. The van der Waals surface area contributed by atoms with Gasteiger partial charge in [0, 0.05) is 11.1 Å². The van der Waals surface area contributed by atoms with Crippen LogP contribution in [-0.4, -0.2) is 53.7 Å². The number of phenols is 1. The van der Waals surface area contributed by atoms with Gasteiger partial charge in [-0.15, -0.1) is 0 Å². The van der Waals surface area contributed by atoms with Gasteiger partial charge in [-0.25, -0.2) is 4.79 Å². The van der Waals surface area contributed by atoms with Crippen molar-refractivity contribution in [3.63, 3.8) is 0 Å². The molecule has 0 bridgehead atoms. The third kappa shape index (κ3) is 7.23. The fraction of sp³-hybridized carbons (Fsp3) is 0.276. The van der Waals surface area contributed by atoms with Crippen molar-refractivity contribution in [2.24, 2.45) is 0 Å². The highest BCUT2D eigenvalue weighted by atomic mass is 32.2. The Morgan fingerprint density at radius 1 is 0.897 bits per heavy atom. The number of carbonyl (C=O) groups excluding carboxylic acids is 1. The van der Waals surface area contributed by atoms with Crippen LogP contribution >= 0.6 is 0 Å². The van der Waals surface area contributed by atoms with Crippen molar-refractivity contribution >= 4 is 16.1 Å². The number of allylic oxidation sites excluding steroid dienone is 1. The average molecular weight is 557 g/mol. The largest absolute Gasteiger partial charge is 0.508 e. The Labute approximate surface area is 228 Å². The molecule has 10 heteroatoms. The molecule has 0 atom stereocenters. The van der Waals surface area contributed by atoms with Gasteiger partial charge in [0.15, 0.2) is 11.5 Å². The second-order valence-electron chi connectivity index (χ2n) is 8.82. The number of hydrogen-bond acceptors (Lipinski definition) is 9. The summed E-state index contributed by atoms with van der Waals surface area (Å²) in [6.45, 7) is 4.27. The molecule has 0 saturated heterocycles. The number of rotatable bonds is 11. The molecule has 0 aliphatic carbocycles. The van der Waals surface area contributed by atoms with Crippen LogP contribution in [0.3, 0.4) is 0 Å². The maximum Gasteiger partial charge on any atom is 0.342 e. The minimum Gasteiger partial charge on any atom is -0.508 e. The van der Waals surface area contributed by atoms with Crippen LogP contribution in [0.1, 0.15) is 30.6 Å². The normalized spacial score (nSPS) is 10.9. The quantitative estimate of drug-likeness (QED) is 0.139. The van der Waals surface area contributed by atoms with Crippen LogP contribution in [0.15, 0.2) is 60.2 Å². The molecule has 1 N–H and O–H groups in total. The van der Waals surface area contributed by atoms with Crippen LogP contribution in [0.25, 0.3) is 22.3 Å². The fourth-order valence-corrected chi connectivity index (χ4v) is 4.44. The molecule has 0 unspecified atom stereocenters. The van der Waals surface area contributed by atoms with Crippen molar-refractivity contribution in [3.8, 4) is 51.0 Å². The van der Waals surface area contributed by atoms with E-state index < -0.39 is 16.1 Å². The predicted molar refractivity (Wildman–Crippen MR) is 148 cm³/mol. The number of methoxy groups -OCH3 is 3. The van der Waals surface area contributed by atoms with Crippen LogP contribution in [0.2, 0.25) is 0 Å². The summed E-state index contributed by atoms with van der Waals surface area (Å²) in [6, 6.07) is 12.7. The van der Waals surface area contributed by atoms with Gasteiger partial charge in [-0.05, 0) is 61.7 Å². The summed E-state index contributed by atoms with van der Waals surface area (Å²) >= 11 is 0. The van der Waals surface area contributed by atoms with E-state index in [-0.39, 0.29) is 28.6 Å². The zero-order chi connectivity index (χ0) is 28.7. The molecule has 0 fully saturated rings. The molecule has 208 valence electrons. The van der Waals surface area contributed by atoms with E-state index in [4.69, 9.17) is 23.1 Å². The van der Waals surface area contributed by atoms with Gasteiger partial charge in [-0.3, -0.25) is 0 Å². The second-order valence-corrected chi connectivity index (χ2v) is 10.4. The number of esters is 1. The highest BCUT2D eigenvalue weighted by molar-refractivity contribution is 7.86. The number of ether oxygens (including phenoxy) is 4. The number of phenolic OH excluding ortho intramolecular Hbond substituents is 1. The van der Waals surface area contributed by atoms with Crippen LogP contribution < -0.4 is 18.4 Å². The molecule has 0 radical (unpaired) electrons. The topological polar surface area (TPSA) is 118 Å². The lowest BCUT2D eigenvalue weighted by Gasteiger charge is -2.20. The van der Waals surface area contributed by atoms with E-state index in [9.17, 15) is 18.3 Å². The Morgan fingerprint density at radius 2 is 1.56 bits per heavy atom. The Kier molecular flexibility index (Phi) is 9.47. The Hall–Kier alpha value is -4.18. The van der Waals surface area contributed by atoms with Crippen molar-refractivity contribution in [1.82, 2.24) is 0 Å². The van der Waals surface area contributed by atoms with Gasteiger partial charge >= 0.3 is 16.1 Å². The molecular weight excluding hydrogens is 524 g/mol. The maximum atomic E-state index is 13.1. The van der Waals surface area contributed by atoms with E-state index in [1.165, 1.54) is 39.5 Å². The monoisotopic (exact) mass is 556 g/mol. The van der Waals surface area contributed by atoms with E-state index in [2.05, 4.69) is 0 Å². The number of hydrogen-bond donors (Lipinski definition) is 1. The summed E-state index contributed by atoms with van der Waals surface area (Å²) in [7, 11) is 0.232. The molecule has 9 nitrogen and oxygen atoms in total. The third-order valence-corrected chi connectivity index (χ3v) is 6.12. The van der Waals surface area contributed by atoms with Crippen molar-refractivity contribution in [2.75, 3.05) is 34.2 Å². The first-order valence-corrected chi connectivity index (χ1v) is 13.8. The molecule has 39 heavy (non-hydrogen) atoms. The molecule has 0 amide bonds. The fourth-order valence-electron chi connectivity index (χ4n) is 3.98. The van der Waals surface area contributed by atoms with Gasteiger partial charge < -0.3 is 28.2 Å². The molecule has 0 aliphatic rings. The lowest BCUT2D eigenvalue weighted by molar-refractivity contribution is 0.0597. The summed E-state index contributed by atoms with van der Waals surface area (Å²) < 4.78 is 51.6. The van der Waals surface area contributed by atoms with Crippen molar-refractivity contribution in [3.05, 3.63) is 65.7 Å². The van der Waals surface area contributed by atoms with Crippen LogP contribution in [0.5, 0.6) is 28.7 Å². The van der Waals surface area contributed by atoms with Gasteiger partial charge in [0.25, 0.3) is 0 Å². The highest BCUT2D eigenvalue weighted by Gasteiger charge is 2.28. The van der Waals surface area contributed by atoms with E-state index >= 15 is 0 Å². The minimum absolute atomic E-state index is 0.0181. The predicted octanol–water partition coefficient (Wildman–Crippen LogP) is 5.60. The average Bonchev–Trinajstić information content (AvgIpc) is 2.89. The van der Waals surface area contributed by atoms with Gasteiger partial charge in [-0.1, -0.05) is 29.8 Å². The molecule has 3 aromatic rings. The molecule has 0 saturated carbocycles. The molecule has 0 spiro atoms. The van der Waals surface area contributed by atoms with E-state index in [1.54, 1.807) is 30.3 Å². The van der Waals surface area contributed by atoms with Crippen molar-refractivity contribution < 1.29 is 41.4 Å². The third-order valence-electron chi connectivity index (χ3n) is 5.64. The van der Waals surface area contributed by atoms with Crippen LogP contribution in [0, 0.1) is 0 Å². The standard InChI is InChI=1S/C29H32O9S/c1-18(2)8-7-15-37-23-14-11-20(16-24(23)38-39(6,32)33)22-17-25(34-3)26(19-9-12-21(30)13-10-19)27(28(22)35-4)29(31)36-5/h8-14,16-17,30H,7,15H2,1-6H3. The lowest BCUT2D eigenvalue weighted by Crippen LogP contribution is -2.10. The van der Waals surface area contributed by atoms with Crippen LogP contribution in [-0.2, 0) is 14.9 Å². The van der Waals surface area contributed by atoms with Gasteiger partial charge in [0.1, 0.15) is 22.8 Å². The molecule has 3 aromatic carbocycles. The number of benzene rings is 3. The number of aromatic hydroxyl groups is 1. The maximum absolute atomic E-state index is 13.1. The highest BCUT2D eigenvalue weighted by Crippen LogP contribution is 2.47. The Morgan fingerprint density at radius 3 is 2.13 bits per heavy atom. The summed E-state index contributed by atoms with van der Waals surface area (Å²) in [5.74, 6) is 0.101. The van der Waals surface area contributed by atoms with Gasteiger partial charge in [0.05, 0.1) is 34.2 Å². The van der Waals surface area contributed by atoms with E-state index in [1.807, 2.05) is 19.9 Å². The molecule has 3 rings (SSSR count). The lowest BCUT2D eigenvalue weighted by atomic mass is 9.92. The van der Waals surface area contributed by atoms with Gasteiger partial charge in [-0.2, -0.15) is 8.42 Å². The van der Waals surface area contributed by atoms with E-state index in [0.717, 1.165) is 11.8 Å². The van der Waals surface area contributed by atoms with Gasteiger partial charge in [0.2, 0.25) is 0 Å². The summed E-state index contributed by atoms with van der Waals surface area (Å²) in [6.07, 6.45) is 3.58. The Balaban J connectivity index is 2.24. The summed E-state index contributed by atoms with van der Waals surface area (Å²) in [4.78, 5) is 13.1. The molecule has 0 heterocycles. The summed E-state index contributed by atoms with van der Waals surface area (Å²) in [5, 5.41) is 9.75. The zero-order valence-corrected chi connectivity index (χ0v) is 23.5. The first-order chi connectivity index (χ1) is 18.5. The molecular formula is C29H32O9S. The number of carbonyl (C=O) groups is 1. The molecule has 0 aromatic heterocycles. The van der Waals surface area contributed by atoms with Crippen molar-refractivity contribution in [1.29, 1.82) is 0 Å². The zero-order valence-electron chi connectivity index (χ0n) is 22.7. The van der Waals surface area contributed by atoms with E-state index in [0.29, 0.717) is 41.0 Å². The molecule has 0 aliphatic heterocycles. The summed E-state index contributed by atoms with van der Waals surface area (Å²) in [5.41, 5.74) is 3.11. The minimum atomic E-state index is -3.89. The van der Waals surface area contributed by atoms with Crippen LogP contribution in [0.4, 0.5) is 0 Å². The first kappa shape index (κ1) is 29.4. The second kappa shape index (κ2) is 12.6. The first-order valence-electron chi connectivity index (χ1n) is 12.0. The Bertz CT molecular complexity index is 1470. The SMILES string of the molecule is COC(=O)c1c(OC)c(-c2ccc(OCCC=C(C)C)c(OS(C)(=O)=O)c2)cc(OC)c1-c1ccc(O)cc1.